The van der Waals surface area contributed by atoms with Crippen LogP contribution < -0.4 is 0 Å². The third-order valence-electron chi connectivity index (χ3n) is 11.7. The lowest BCUT2D eigenvalue weighted by Gasteiger charge is -2.13. The first kappa shape index (κ1) is 35.5. The van der Waals surface area contributed by atoms with E-state index in [0.717, 1.165) is 105 Å². The second-order valence-electron chi connectivity index (χ2n) is 15.5. The summed E-state index contributed by atoms with van der Waals surface area (Å²) in [6.07, 6.45) is 0. The van der Waals surface area contributed by atoms with Crippen LogP contribution in [0.4, 0.5) is 0 Å². The standard InChI is InChI=1S/C57H35N3O2/c1-4-15-36(16-5-1)41-33-42(37-17-6-2-7-18-37)35-43(34-41)57-59-55(39-19-8-3-9-20-39)58-56(60-57)40-29-27-38(28-30-40)44-31-32-48(54-52(44)49-22-11-13-26-51(49)62-54)47-24-14-23-46-45-21-10-12-25-50(45)61-53(46)47/h1-35H. The Labute approximate surface area is 357 Å². The van der Waals surface area contributed by atoms with E-state index in [9.17, 15) is 0 Å². The fourth-order valence-electron chi connectivity index (χ4n) is 8.74. The average Bonchev–Trinajstić information content (AvgIpc) is 3.94. The number of nitrogens with zero attached hydrogens (tertiary/aromatic N) is 3. The summed E-state index contributed by atoms with van der Waals surface area (Å²) in [5, 5.41) is 4.29. The van der Waals surface area contributed by atoms with Crippen molar-refractivity contribution in [3.05, 3.63) is 212 Å². The largest absolute Gasteiger partial charge is 0.455 e. The maximum atomic E-state index is 6.73. The molecule has 0 aliphatic rings. The van der Waals surface area contributed by atoms with Gasteiger partial charge < -0.3 is 8.83 Å². The summed E-state index contributed by atoms with van der Waals surface area (Å²) >= 11 is 0. The summed E-state index contributed by atoms with van der Waals surface area (Å²) in [4.78, 5) is 15.4. The summed E-state index contributed by atoms with van der Waals surface area (Å²) in [6, 6.07) is 73.3. The SMILES string of the molecule is c1ccc(-c2cc(-c3ccccc3)cc(-c3nc(-c4ccccc4)nc(-c4ccc(-c5ccc(-c6cccc7c6oc6ccccc67)c6oc7ccccc7c56)cc4)n3)c2)cc1. The predicted molar refractivity (Wildman–Crippen MR) is 252 cm³/mol. The quantitative estimate of drug-likeness (QED) is 0.161. The van der Waals surface area contributed by atoms with Gasteiger partial charge in [-0.05, 0) is 69.8 Å². The van der Waals surface area contributed by atoms with E-state index in [1.54, 1.807) is 0 Å². The summed E-state index contributed by atoms with van der Waals surface area (Å²) in [7, 11) is 0. The lowest BCUT2D eigenvalue weighted by atomic mass is 9.93. The molecule has 62 heavy (non-hydrogen) atoms. The molecule has 0 N–H and O–H groups in total. The Hall–Kier alpha value is -8.41. The number of para-hydroxylation sites is 3. The zero-order valence-corrected chi connectivity index (χ0v) is 33.4. The van der Waals surface area contributed by atoms with Crippen molar-refractivity contribution in [3.63, 3.8) is 0 Å². The number of aromatic nitrogens is 3. The summed E-state index contributed by atoms with van der Waals surface area (Å²) < 4.78 is 13.2. The predicted octanol–water partition coefficient (Wildman–Crippen LogP) is 15.3. The van der Waals surface area contributed by atoms with Gasteiger partial charge in [-0.15, -0.1) is 0 Å². The highest BCUT2D eigenvalue weighted by atomic mass is 16.3. The Bertz CT molecular complexity index is 3550. The number of hydrogen-bond acceptors (Lipinski definition) is 5. The van der Waals surface area contributed by atoms with Crippen LogP contribution in [0.3, 0.4) is 0 Å². The van der Waals surface area contributed by atoms with Crippen LogP contribution in [-0.2, 0) is 0 Å². The van der Waals surface area contributed by atoms with E-state index in [1.807, 2.05) is 66.7 Å². The zero-order valence-electron chi connectivity index (χ0n) is 33.4. The number of hydrogen-bond donors (Lipinski definition) is 0. The Morgan fingerprint density at radius 1 is 0.258 bits per heavy atom. The molecule has 0 aliphatic heterocycles. The Balaban J connectivity index is 0.994. The molecule has 0 saturated heterocycles. The first-order chi connectivity index (χ1) is 30.7. The maximum Gasteiger partial charge on any atom is 0.164 e. The fraction of sp³-hybridized carbons (Fsp3) is 0. The van der Waals surface area contributed by atoms with E-state index >= 15 is 0 Å². The number of furan rings is 2. The molecule has 9 aromatic carbocycles. The maximum absolute atomic E-state index is 6.73. The Kier molecular flexibility index (Phi) is 8.42. The van der Waals surface area contributed by atoms with Gasteiger partial charge in [-0.2, -0.15) is 0 Å². The van der Waals surface area contributed by atoms with Gasteiger partial charge in [-0.1, -0.05) is 176 Å². The van der Waals surface area contributed by atoms with Gasteiger partial charge in [0.2, 0.25) is 0 Å². The molecule has 290 valence electrons. The van der Waals surface area contributed by atoms with E-state index in [1.165, 1.54) is 0 Å². The smallest absolute Gasteiger partial charge is 0.164 e. The highest BCUT2D eigenvalue weighted by molar-refractivity contribution is 6.18. The van der Waals surface area contributed by atoms with Crippen LogP contribution in [0.15, 0.2) is 221 Å². The van der Waals surface area contributed by atoms with Crippen molar-refractivity contribution in [1.82, 2.24) is 15.0 Å². The minimum atomic E-state index is 0.597. The molecule has 5 heteroatoms. The molecule has 12 rings (SSSR count). The molecule has 5 nitrogen and oxygen atoms in total. The van der Waals surface area contributed by atoms with Crippen molar-refractivity contribution in [2.75, 3.05) is 0 Å². The van der Waals surface area contributed by atoms with Crippen LogP contribution in [0.25, 0.3) is 123 Å². The van der Waals surface area contributed by atoms with Gasteiger partial charge in [-0.25, -0.2) is 15.0 Å². The topological polar surface area (TPSA) is 65.0 Å². The van der Waals surface area contributed by atoms with Crippen molar-refractivity contribution in [2.24, 2.45) is 0 Å². The van der Waals surface area contributed by atoms with Crippen LogP contribution in [0.5, 0.6) is 0 Å². The molecule has 0 saturated carbocycles. The van der Waals surface area contributed by atoms with E-state index in [2.05, 4.69) is 146 Å². The first-order valence-electron chi connectivity index (χ1n) is 20.8. The third-order valence-corrected chi connectivity index (χ3v) is 11.7. The van der Waals surface area contributed by atoms with Crippen LogP contribution in [0, 0.1) is 0 Å². The van der Waals surface area contributed by atoms with Gasteiger partial charge >= 0.3 is 0 Å². The van der Waals surface area contributed by atoms with Crippen LogP contribution in [0.2, 0.25) is 0 Å². The number of benzene rings is 9. The molecular formula is C57H35N3O2. The molecule has 0 amide bonds. The van der Waals surface area contributed by atoms with Gasteiger partial charge in [0.05, 0.1) is 0 Å². The summed E-state index contributed by atoms with van der Waals surface area (Å²) in [5.41, 5.74) is 14.6. The van der Waals surface area contributed by atoms with Crippen LogP contribution in [0.1, 0.15) is 0 Å². The molecule has 0 spiro atoms. The molecule has 0 fully saturated rings. The zero-order chi connectivity index (χ0) is 41.0. The van der Waals surface area contributed by atoms with Gasteiger partial charge in [0.25, 0.3) is 0 Å². The Morgan fingerprint density at radius 3 is 1.34 bits per heavy atom. The van der Waals surface area contributed by atoms with Gasteiger partial charge in [0, 0.05) is 49.4 Å². The van der Waals surface area contributed by atoms with Gasteiger partial charge in [0.1, 0.15) is 22.3 Å². The second-order valence-corrected chi connectivity index (χ2v) is 15.5. The molecule has 3 aromatic heterocycles. The van der Waals surface area contributed by atoms with E-state index in [0.29, 0.717) is 17.5 Å². The fourth-order valence-corrected chi connectivity index (χ4v) is 8.74. The highest BCUT2D eigenvalue weighted by Gasteiger charge is 2.21. The summed E-state index contributed by atoms with van der Waals surface area (Å²) in [5.74, 6) is 1.82. The summed E-state index contributed by atoms with van der Waals surface area (Å²) in [6.45, 7) is 0. The second kappa shape index (κ2) is 14.7. The van der Waals surface area contributed by atoms with Gasteiger partial charge in [-0.3, -0.25) is 0 Å². The van der Waals surface area contributed by atoms with Crippen molar-refractivity contribution in [1.29, 1.82) is 0 Å². The van der Waals surface area contributed by atoms with Crippen LogP contribution >= 0.6 is 0 Å². The molecule has 0 aliphatic carbocycles. The third kappa shape index (κ3) is 6.14. The van der Waals surface area contributed by atoms with E-state index < -0.39 is 0 Å². The molecule has 12 aromatic rings. The highest BCUT2D eigenvalue weighted by Crippen LogP contribution is 2.45. The average molecular weight is 794 g/mol. The minimum absolute atomic E-state index is 0.597. The van der Waals surface area contributed by atoms with E-state index in [-0.39, 0.29) is 0 Å². The van der Waals surface area contributed by atoms with Crippen molar-refractivity contribution in [3.8, 4) is 78.7 Å². The van der Waals surface area contributed by atoms with Gasteiger partial charge in [0.15, 0.2) is 17.5 Å². The first-order valence-corrected chi connectivity index (χ1v) is 20.8. The van der Waals surface area contributed by atoms with Crippen molar-refractivity contribution < 1.29 is 8.83 Å². The van der Waals surface area contributed by atoms with Crippen LogP contribution in [-0.4, -0.2) is 15.0 Å². The normalized spacial score (nSPS) is 11.5. The number of fused-ring (bicyclic) bond motifs is 6. The lowest BCUT2D eigenvalue weighted by molar-refractivity contribution is 0.665. The molecule has 0 radical (unpaired) electrons. The minimum Gasteiger partial charge on any atom is -0.455 e. The van der Waals surface area contributed by atoms with E-state index in [4.69, 9.17) is 23.8 Å². The van der Waals surface area contributed by atoms with Crippen molar-refractivity contribution in [2.45, 2.75) is 0 Å². The Morgan fingerprint density at radius 2 is 0.694 bits per heavy atom. The number of rotatable bonds is 7. The molecule has 3 heterocycles. The lowest BCUT2D eigenvalue weighted by Crippen LogP contribution is -2.00. The molecule has 0 atom stereocenters. The van der Waals surface area contributed by atoms with Crippen molar-refractivity contribution >= 4 is 43.9 Å². The molecular weight excluding hydrogens is 759 g/mol. The monoisotopic (exact) mass is 793 g/mol. The molecule has 0 bridgehead atoms. The molecule has 0 unspecified atom stereocenters.